The van der Waals surface area contributed by atoms with E-state index in [0.29, 0.717) is 18.4 Å². The van der Waals surface area contributed by atoms with Gasteiger partial charge in [-0.25, -0.2) is 4.79 Å². The van der Waals surface area contributed by atoms with E-state index in [9.17, 15) is 63.6 Å². The molecule has 1 aliphatic rings. The molecule has 1 heterocycles. The Morgan fingerprint density at radius 3 is 1.93 bits per heavy atom. The van der Waals surface area contributed by atoms with Crippen molar-refractivity contribution in [3.05, 3.63) is 29.8 Å². The highest BCUT2D eigenvalue weighted by molar-refractivity contribution is 5.98. The molecule has 1 saturated heterocycles. The normalized spacial score (nSPS) is 17.4. The van der Waals surface area contributed by atoms with E-state index in [4.69, 9.17) is 11.5 Å². The fraction of sp³-hybridized carbons (Fsp3) is 0.595. The van der Waals surface area contributed by atoms with Crippen molar-refractivity contribution in [1.29, 1.82) is 0 Å². The van der Waals surface area contributed by atoms with Crippen molar-refractivity contribution in [2.24, 2.45) is 23.3 Å². The Morgan fingerprint density at radius 2 is 1.40 bits per heavy atom. The van der Waals surface area contributed by atoms with Crippen LogP contribution in [0, 0.1) is 11.8 Å². The molecule has 1 fully saturated rings. The van der Waals surface area contributed by atoms with Crippen molar-refractivity contribution in [1.82, 2.24) is 31.5 Å². The Hall–Kier alpha value is -5.83. The van der Waals surface area contributed by atoms with Crippen LogP contribution in [0.2, 0.25) is 0 Å². The molecule has 0 radical (unpaired) electrons. The van der Waals surface area contributed by atoms with E-state index >= 15 is 0 Å². The van der Waals surface area contributed by atoms with Gasteiger partial charge < -0.3 is 63.4 Å². The summed E-state index contributed by atoms with van der Waals surface area (Å²) in [7, 11) is 0. The molecule has 1 aromatic carbocycles. The first-order chi connectivity index (χ1) is 27.2. The SMILES string of the molecule is CC[C@H](C)[C@H](NC(=O)[C@@H]1CCCN1C(=O)[C@H](Cc1ccc(O)cc1)NC(=O)[C@H](CC(N)=O)NC(=O)[C@H](CCC(=O)O)NC(=O)[C@@H](N)CO)C(=O)N[C@H](C(=O)O)C(C)C. The number of aliphatic carboxylic acids is 2. The molecule has 322 valence electrons. The van der Waals surface area contributed by atoms with Gasteiger partial charge in [0.05, 0.1) is 13.0 Å². The first kappa shape index (κ1) is 48.3. The summed E-state index contributed by atoms with van der Waals surface area (Å²) in [5.74, 6) is -10.0. The lowest BCUT2D eigenvalue weighted by Gasteiger charge is -2.32. The molecule has 21 heteroatoms. The number of carboxylic acid groups (broad SMARTS) is 2. The van der Waals surface area contributed by atoms with Crippen LogP contribution in [0.25, 0.3) is 0 Å². The maximum Gasteiger partial charge on any atom is 0.326 e. The van der Waals surface area contributed by atoms with Gasteiger partial charge in [-0.1, -0.05) is 46.2 Å². The van der Waals surface area contributed by atoms with E-state index in [1.54, 1.807) is 27.7 Å². The molecular formula is C37H56N8O13. The third kappa shape index (κ3) is 14.6. The molecule has 0 unspecified atom stereocenters. The number of rotatable bonds is 23. The standard InChI is InChI=1S/C37H56N8O13/c1-5-19(4)30(35(55)43-29(18(2)3)37(57)58)44-34(54)26-7-6-14-45(26)36(56)25(15-20-8-10-21(47)11-9-20)42-33(53)24(16-27(39)48)41-32(52)23(12-13-28(49)50)40-31(51)22(38)17-46/h8-11,18-19,22-26,29-30,46-47H,5-7,12-17,38H2,1-4H3,(H2,39,48)(H,40,51)(H,41,52)(H,42,53)(H,43,55)(H,44,54)(H,49,50)(H,57,58)/t19-,22-,23-,24-,25-,26-,29-,30-/m0/s1. The number of carbonyl (C=O) groups is 9. The lowest BCUT2D eigenvalue weighted by Crippen LogP contribution is -2.61. The van der Waals surface area contributed by atoms with E-state index in [1.807, 2.05) is 0 Å². The number of amides is 7. The van der Waals surface area contributed by atoms with Gasteiger partial charge in [-0.05, 0) is 48.8 Å². The molecule has 58 heavy (non-hydrogen) atoms. The Labute approximate surface area is 335 Å². The number of hydrogen-bond donors (Lipinski definition) is 11. The van der Waals surface area contributed by atoms with Gasteiger partial charge in [0.2, 0.25) is 41.4 Å². The lowest BCUT2D eigenvalue weighted by atomic mass is 9.96. The fourth-order valence-electron chi connectivity index (χ4n) is 6.13. The molecule has 0 spiro atoms. The second-order valence-corrected chi connectivity index (χ2v) is 14.6. The number of nitrogens with two attached hydrogens (primary N) is 2. The van der Waals surface area contributed by atoms with Gasteiger partial charge in [-0.2, -0.15) is 0 Å². The van der Waals surface area contributed by atoms with E-state index in [1.165, 1.54) is 29.2 Å². The minimum atomic E-state index is -1.76. The smallest absolute Gasteiger partial charge is 0.326 e. The zero-order valence-electron chi connectivity index (χ0n) is 32.9. The molecule has 21 nitrogen and oxygen atoms in total. The van der Waals surface area contributed by atoms with Crippen molar-refractivity contribution in [2.45, 2.75) is 115 Å². The summed E-state index contributed by atoms with van der Waals surface area (Å²) < 4.78 is 0. The number of phenolic OH excluding ortho intramolecular Hbond substituents is 1. The molecule has 2 rings (SSSR count). The maximum absolute atomic E-state index is 14.3. The fourth-order valence-corrected chi connectivity index (χ4v) is 6.13. The average Bonchev–Trinajstić information content (AvgIpc) is 3.66. The van der Waals surface area contributed by atoms with Crippen molar-refractivity contribution >= 4 is 53.3 Å². The first-order valence-corrected chi connectivity index (χ1v) is 18.9. The summed E-state index contributed by atoms with van der Waals surface area (Å²) in [6, 6.07) is -4.18. The highest BCUT2D eigenvalue weighted by atomic mass is 16.4. The summed E-state index contributed by atoms with van der Waals surface area (Å²) in [4.78, 5) is 117. The zero-order chi connectivity index (χ0) is 43.9. The predicted octanol–water partition coefficient (Wildman–Crippen LogP) is -2.80. The van der Waals surface area contributed by atoms with Crippen molar-refractivity contribution in [3.8, 4) is 5.75 Å². The molecule has 1 aromatic rings. The molecule has 7 amide bonds. The number of likely N-dealkylation sites (tertiary alicyclic amines) is 1. The number of benzene rings is 1. The van der Waals surface area contributed by atoms with E-state index in [0.717, 1.165) is 0 Å². The van der Waals surface area contributed by atoms with Crippen LogP contribution in [0.5, 0.6) is 5.75 Å². The van der Waals surface area contributed by atoms with Crippen molar-refractivity contribution < 1.29 is 63.6 Å². The molecule has 0 aromatic heterocycles. The largest absolute Gasteiger partial charge is 0.508 e. The molecule has 0 saturated carbocycles. The Morgan fingerprint density at radius 1 is 0.810 bits per heavy atom. The average molecular weight is 821 g/mol. The molecule has 0 aliphatic carbocycles. The maximum atomic E-state index is 14.3. The number of carbonyl (C=O) groups excluding carboxylic acids is 7. The highest BCUT2D eigenvalue weighted by Crippen LogP contribution is 2.22. The zero-order valence-corrected chi connectivity index (χ0v) is 32.9. The van der Waals surface area contributed by atoms with Crippen molar-refractivity contribution in [2.75, 3.05) is 13.2 Å². The molecule has 8 atom stereocenters. The van der Waals surface area contributed by atoms with Crippen LogP contribution < -0.4 is 38.1 Å². The number of phenols is 1. The topological polar surface area (TPSA) is 350 Å². The van der Waals surface area contributed by atoms with Gasteiger partial charge in [0.15, 0.2) is 0 Å². The van der Waals surface area contributed by atoms with Crippen LogP contribution in [0.1, 0.15) is 71.8 Å². The summed E-state index contributed by atoms with van der Waals surface area (Å²) in [6.45, 7) is 5.96. The molecule has 13 N–H and O–H groups in total. The minimum absolute atomic E-state index is 0.0515. The highest BCUT2D eigenvalue weighted by Gasteiger charge is 2.41. The van der Waals surface area contributed by atoms with E-state index < -0.39 is 133 Å². The van der Waals surface area contributed by atoms with E-state index in [2.05, 4.69) is 26.6 Å². The molecule has 1 aliphatic heterocycles. The summed E-state index contributed by atoms with van der Waals surface area (Å²) in [5, 5.41) is 50.0. The van der Waals surface area contributed by atoms with Gasteiger partial charge in [0.1, 0.15) is 48.0 Å². The Bertz CT molecular complexity index is 1660. The van der Waals surface area contributed by atoms with Crippen molar-refractivity contribution in [3.63, 3.8) is 0 Å². The summed E-state index contributed by atoms with van der Waals surface area (Å²) in [6.07, 6.45) is -1.17. The van der Waals surface area contributed by atoms with Crippen LogP contribution in [0.3, 0.4) is 0 Å². The van der Waals surface area contributed by atoms with Crippen LogP contribution in [0.4, 0.5) is 0 Å². The van der Waals surface area contributed by atoms with Gasteiger partial charge in [-0.3, -0.25) is 38.4 Å². The second kappa shape index (κ2) is 22.8. The first-order valence-electron chi connectivity index (χ1n) is 18.9. The number of hydrogen-bond acceptors (Lipinski definition) is 12. The molecular weight excluding hydrogens is 764 g/mol. The van der Waals surface area contributed by atoms with Crippen LogP contribution in [-0.2, 0) is 49.6 Å². The number of aliphatic hydroxyl groups is 1. The van der Waals surface area contributed by atoms with Gasteiger partial charge in [-0.15, -0.1) is 0 Å². The number of aromatic hydroxyl groups is 1. The summed E-state index contributed by atoms with van der Waals surface area (Å²) >= 11 is 0. The number of carboxylic acids is 2. The van der Waals surface area contributed by atoms with Crippen LogP contribution in [0.15, 0.2) is 24.3 Å². The van der Waals surface area contributed by atoms with Crippen LogP contribution in [-0.4, -0.2) is 134 Å². The van der Waals surface area contributed by atoms with Crippen LogP contribution >= 0.6 is 0 Å². The third-order valence-electron chi connectivity index (χ3n) is 9.70. The van der Waals surface area contributed by atoms with E-state index in [-0.39, 0.29) is 25.1 Å². The quantitative estimate of drug-likeness (QED) is 0.0531. The van der Waals surface area contributed by atoms with Gasteiger partial charge >= 0.3 is 11.9 Å². The number of primary amides is 1. The summed E-state index contributed by atoms with van der Waals surface area (Å²) in [5.41, 5.74) is 11.3. The number of nitrogens with one attached hydrogen (secondary N) is 5. The predicted molar refractivity (Wildman–Crippen MR) is 204 cm³/mol. The number of nitrogens with zero attached hydrogens (tertiary/aromatic N) is 1. The molecule has 0 bridgehead atoms. The van der Waals surface area contributed by atoms with Gasteiger partial charge in [0, 0.05) is 19.4 Å². The monoisotopic (exact) mass is 820 g/mol. The minimum Gasteiger partial charge on any atom is -0.508 e. The Balaban J connectivity index is 2.43. The lowest BCUT2D eigenvalue weighted by molar-refractivity contribution is -0.145. The second-order valence-electron chi connectivity index (χ2n) is 14.6. The Kier molecular flexibility index (Phi) is 19.0. The number of aliphatic hydroxyl groups excluding tert-OH is 1. The third-order valence-corrected chi connectivity index (χ3v) is 9.70. The van der Waals surface area contributed by atoms with Gasteiger partial charge in [0.25, 0.3) is 0 Å².